The number of amides is 1. The van der Waals surface area contributed by atoms with Crippen molar-refractivity contribution in [2.75, 3.05) is 0 Å². The molecule has 0 spiro atoms. The third-order valence-electron chi connectivity index (χ3n) is 4.87. The van der Waals surface area contributed by atoms with Crippen molar-refractivity contribution < 1.29 is 9.21 Å². The lowest BCUT2D eigenvalue weighted by Gasteiger charge is -2.25. The molecule has 4 rings (SSSR count). The van der Waals surface area contributed by atoms with Crippen molar-refractivity contribution in [3.63, 3.8) is 0 Å². The Bertz CT molecular complexity index is 1150. The Balaban J connectivity index is 1.49. The molecule has 0 aliphatic heterocycles. The topological polar surface area (TPSA) is 77.0 Å². The average molecular weight is 436 g/mol. The summed E-state index contributed by atoms with van der Waals surface area (Å²) in [7, 11) is 0. The molecule has 0 aliphatic carbocycles. The quantitative estimate of drug-likeness (QED) is 0.421. The zero-order valence-corrected chi connectivity index (χ0v) is 18.0. The highest BCUT2D eigenvalue weighted by Crippen LogP contribution is 2.26. The smallest absolute Gasteiger partial charge is 0.254 e. The van der Waals surface area contributed by atoms with E-state index in [4.69, 9.17) is 16.0 Å². The van der Waals surface area contributed by atoms with Crippen LogP contribution in [0.2, 0.25) is 5.02 Å². The Kier molecular flexibility index (Phi) is 6.13. The van der Waals surface area contributed by atoms with Gasteiger partial charge in [0.05, 0.1) is 23.7 Å². The molecule has 31 heavy (non-hydrogen) atoms. The number of hydrogen-bond acceptors (Lipinski definition) is 5. The molecule has 2 aromatic carbocycles. The van der Waals surface area contributed by atoms with E-state index in [0.29, 0.717) is 34.5 Å². The van der Waals surface area contributed by atoms with Gasteiger partial charge < -0.3 is 9.32 Å². The van der Waals surface area contributed by atoms with Crippen molar-refractivity contribution >= 4 is 17.5 Å². The summed E-state index contributed by atoms with van der Waals surface area (Å²) >= 11 is 6.21. The fraction of sp³-hybridized carbons (Fsp3) is 0.217. The standard InChI is InChI=1S/C23H22ClN5O2/c1-16(2)29(15-21-26-27-22(31-21)19-6-3-4-7-20(19)24)23(30)18-10-8-17(9-11-18)14-28-13-5-12-25-28/h3-13,16H,14-15H2,1-2H3. The molecule has 0 saturated carbocycles. The summed E-state index contributed by atoms with van der Waals surface area (Å²) in [6.07, 6.45) is 3.65. The van der Waals surface area contributed by atoms with Crippen LogP contribution in [0, 0.1) is 0 Å². The van der Waals surface area contributed by atoms with Crippen LogP contribution in [0.25, 0.3) is 11.5 Å². The van der Waals surface area contributed by atoms with Gasteiger partial charge in [0.1, 0.15) is 0 Å². The summed E-state index contributed by atoms with van der Waals surface area (Å²) < 4.78 is 7.62. The number of nitrogens with zero attached hydrogens (tertiary/aromatic N) is 5. The van der Waals surface area contributed by atoms with Crippen molar-refractivity contribution in [1.29, 1.82) is 0 Å². The number of hydrogen-bond donors (Lipinski definition) is 0. The molecule has 0 bridgehead atoms. The van der Waals surface area contributed by atoms with Crippen molar-refractivity contribution in [1.82, 2.24) is 24.9 Å². The summed E-state index contributed by atoms with van der Waals surface area (Å²) in [5.41, 5.74) is 2.33. The first-order valence-corrected chi connectivity index (χ1v) is 10.3. The fourth-order valence-corrected chi connectivity index (χ4v) is 3.41. The first-order valence-electron chi connectivity index (χ1n) is 9.96. The SMILES string of the molecule is CC(C)N(Cc1nnc(-c2ccccc2Cl)o1)C(=O)c1ccc(Cn2cccn2)cc1. The van der Waals surface area contributed by atoms with Gasteiger partial charge in [-0.2, -0.15) is 5.10 Å². The van der Waals surface area contributed by atoms with E-state index in [0.717, 1.165) is 5.56 Å². The first-order chi connectivity index (χ1) is 15.0. The molecule has 0 radical (unpaired) electrons. The molecule has 2 heterocycles. The zero-order chi connectivity index (χ0) is 21.8. The predicted octanol–water partition coefficient (Wildman–Crippen LogP) is 4.69. The van der Waals surface area contributed by atoms with Crippen LogP contribution >= 0.6 is 11.6 Å². The second-order valence-corrected chi connectivity index (χ2v) is 7.82. The van der Waals surface area contributed by atoms with Crippen molar-refractivity contribution in [2.24, 2.45) is 0 Å². The summed E-state index contributed by atoms with van der Waals surface area (Å²) in [6, 6.07) is 16.6. The van der Waals surface area contributed by atoms with Gasteiger partial charge in [-0.1, -0.05) is 35.9 Å². The van der Waals surface area contributed by atoms with E-state index >= 15 is 0 Å². The van der Waals surface area contributed by atoms with E-state index in [1.807, 2.05) is 73.3 Å². The Morgan fingerprint density at radius 1 is 1.10 bits per heavy atom. The number of carbonyl (C=O) groups excluding carboxylic acids is 1. The van der Waals surface area contributed by atoms with Crippen LogP contribution in [0.15, 0.2) is 71.4 Å². The lowest BCUT2D eigenvalue weighted by molar-refractivity contribution is 0.0672. The van der Waals surface area contributed by atoms with Gasteiger partial charge >= 0.3 is 0 Å². The minimum atomic E-state index is -0.0990. The van der Waals surface area contributed by atoms with Crippen molar-refractivity contribution in [3.05, 3.63) is 89.0 Å². The molecule has 1 amide bonds. The highest BCUT2D eigenvalue weighted by Gasteiger charge is 2.22. The molecule has 0 atom stereocenters. The van der Waals surface area contributed by atoms with Crippen LogP contribution in [0.3, 0.4) is 0 Å². The van der Waals surface area contributed by atoms with Gasteiger partial charge in [0, 0.05) is 24.0 Å². The highest BCUT2D eigenvalue weighted by molar-refractivity contribution is 6.33. The molecule has 0 unspecified atom stereocenters. The molecule has 7 nitrogen and oxygen atoms in total. The highest BCUT2D eigenvalue weighted by atomic mass is 35.5. The van der Waals surface area contributed by atoms with Gasteiger partial charge in [-0.3, -0.25) is 9.48 Å². The number of halogens is 1. The third kappa shape index (κ3) is 4.83. The van der Waals surface area contributed by atoms with Gasteiger partial charge in [0.2, 0.25) is 11.8 Å². The van der Waals surface area contributed by atoms with Gasteiger partial charge in [-0.15, -0.1) is 10.2 Å². The molecule has 2 aromatic heterocycles. The molecule has 8 heteroatoms. The number of rotatable bonds is 7. The lowest BCUT2D eigenvalue weighted by atomic mass is 10.1. The van der Waals surface area contributed by atoms with E-state index in [1.54, 1.807) is 17.2 Å². The molecule has 0 N–H and O–H groups in total. The summed E-state index contributed by atoms with van der Waals surface area (Å²) in [5.74, 6) is 0.588. The van der Waals surface area contributed by atoms with Crippen molar-refractivity contribution in [3.8, 4) is 11.5 Å². The maximum Gasteiger partial charge on any atom is 0.254 e. The molecule has 158 valence electrons. The normalized spacial score (nSPS) is 11.1. The lowest BCUT2D eigenvalue weighted by Crippen LogP contribution is -2.36. The van der Waals surface area contributed by atoms with Gasteiger partial charge in [-0.05, 0) is 49.7 Å². The van der Waals surface area contributed by atoms with Crippen LogP contribution in [0.1, 0.15) is 35.7 Å². The second kappa shape index (κ2) is 9.14. The first kappa shape index (κ1) is 20.8. The largest absolute Gasteiger partial charge is 0.419 e. The van der Waals surface area contributed by atoms with Gasteiger partial charge in [-0.25, -0.2) is 0 Å². The van der Waals surface area contributed by atoms with Crippen LogP contribution in [0.4, 0.5) is 0 Å². The maximum atomic E-state index is 13.1. The Morgan fingerprint density at radius 3 is 2.55 bits per heavy atom. The van der Waals surface area contributed by atoms with Crippen LogP contribution in [-0.2, 0) is 13.1 Å². The van der Waals surface area contributed by atoms with Crippen LogP contribution < -0.4 is 0 Å². The Labute approximate surface area is 185 Å². The van der Waals surface area contributed by atoms with Crippen LogP contribution in [0.5, 0.6) is 0 Å². The van der Waals surface area contributed by atoms with E-state index < -0.39 is 0 Å². The van der Waals surface area contributed by atoms with E-state index in [-0.39, 0.29) is 18.5 Å². The number of benzene rings is 2. The number of carbonyl (C=O) groups is 1. The third-order valence-corrected chi connectivity index (χ3v) is 5.20. The summed E-state index contributed by atoms with van der Waals surface area (Å²) in [5, 5.41) is 12.9. The molecule has 0 aliphatic rings. The Morgan fingerprint density at radius 2 is 1.87 bits per heavy atom. The van der Waals surface area contributed by atoms with E-state index in [1.165, 1.54) is 0 Å². The minimum Gasteiger partial charge on any atom is -0.419 e. The molecule has 0 fully saturated rings. The van der Waals surface area contributed by atoms with E-state index in [2.05, 4.69) is 15.3 Å². The van der Waals surface area contributed by atoms with Gasteiger partial charge in [0.15, 0.2) is 0 Å². The number of aromatic nitrogens is 4. The maximum absolute atomic E-state index is 13.1. The van der Waals surface area contributed by atoms with Crippen molar-refractivity contribution in [2.45, 2.75) is 33.0 Å². The molecular formula is C23H22ClN5O2. The molecular weight excluding hydrogens is 414 g/mol. The monoisotopic (exact) mass is 435 g/mol. The fourth-order valence-electron chi connectivity index (χ4n) is 3.20. The second-order valence-electron chi connectivity index (χ2n) is 7.41. The minimum absolute atomic E-state index is 0.0492. The molecule has 0 saturated heterocycles. The summed E-state index contributed by atoms with van der Waals surface area (Å²) in [4.78, 5) is 14.8. The average Bonchev–Trinajstić information content (AvgIpc) is 3.44. The zero-order valence-electron chi connectivity index (χ0n) is 17.3. The van der Waals surface area contributed by atoms with E-state index in [9.17, 15) is 4.79 Å². The van der Waals surface area contributed by atoms with Gasteiger partial charge in [0.25, 0.3) is 5.91 Å². The molecule has 4 aromatic rings. The summed E-state index contributed by atoms with van der Waals surface area (Å²) in [6.45, 7) is 4.77. The Hall–Kier alpha value is -3.45. The van der Waals surface area contributed by atoms with Crippen LogP contribution in [-0.4, -0.2) is 36.8 Å². The predicted molar refractivity (Wildman–Crippen MR) is 118 cm³/mol.